The maximum atomic E-state index is 11.6. The fourth-order valence-corrected chi connectivity index (χ4v) is 1.90. The standard InChI is InChI=1S/C13H13NO10/c15-5-1-2-6(16)11(5)23-12(21)9(19)10(20)13(22)24-14-7(17)3-4-8(14)18/h3-4,9-11,17-20H,1-2H2. The number of aromatic hydroxyl groups is 2. The van der Waals surface area contributed by atoms with E-state index >= 15 is 0 Å². The highest BCUT2D eigenvalue weighted by Crippen LogP contribution is 2.19. The summed E-state index contributed by atoms with van der Waals surface area (Å²) >= 11 is 0. The second kappa shape index (κ2) is 6.68. The number of hydrogen-bond donors (Lipinski definition) is 4. The summed E-state index contributed by atoms with van der Waals surface area (Å²) in [5.41, 5.74) is 0. The minimum Gasteiger partial charge on any atom is -0.492 e. The lowest BCUT2D eigenvalue weighted by atomic mass is 10.2. The number of aliphatic hydroxyl groups excluding tert-OH is 2. The summed E-state index contributed by atoms with van der Waals surface area (Å²) in [6.07, 6.45) is -6.79. The van der Waals surface area contributed by atoms with Crippen LogP contribution in [0.15, 0.2) is 12.1 Å². The van der Waals surface area contributed by atoms with Crippen LogP contribution in [0.1, 0.15) is 12.8 Å². The van der Waals surface area contributed by atoms with Gasteiger partial charge in [0.25, 0.3) is 0 Å². The molecule has 0 aromatic carbocycles. The number of esters is 1. The molecule has 1 heterocycles. The SMILES string of the molecule is O=C1CCC(=O)C1OC(=O)C(O)C(O)C(=O)On1c(O)ccc1O. The Bertz CT molecular complexity index is 657. The highest BCUT2D eigenvalue weighted by molar-refractivity contribution is 6.12. The molecule has 2 unspecified atom stereocenters. The molecule has 1 aromatic heterocycles. The first-order chi connectivity index (χ1) is 11.2. The van der Waals surface area contributed by atoms with Crippen LogP contribution >= 0.6 is 0 Å². The van der Waals surface area contributed by atoms with Crippen molar-refractivity contribution in [3.05, 3.63) is 12.1 Å². The van der Waals surface area contributed by atoms with E-state index < -0.39 is 53.6 Å². The average Bonchev–Trinajstić information content (AvgIpc) is 3.03. The summed E-state index contributed by atoms with van der Waals surface area (Å²) in [4.78, 5) is 50.3. The minimum atomic E-state index is -2.45. The molecular weight excluding hydrogens is 330 g/mol. The van der Waals surface area contributed by atoms with Crippen LogP contribution in [0.3, 0.4) is 0 Å². The van der Waals surface area contributed by atoms with E-state index in [1.807, 2.05) is 0 Å². The van der Waals surface area contributed by atoms with Gasteiger partial charge in [-0.1, -0.05) is 0 Å². The first-order valence-corrected chi connectivity index (χ1v) is 6.66. The Hall–Kier alpha value is -2.92. The highest BCUT2D eigenvalue weighted by atomic mass is 16.7. The number of Topliss-reactive ketones (excluding diaryl/α,β-unsaturated/α-hetero) is 2. The fourth-order valence-electron chi connectivity index (χ4n) is 1.90. The predicted molar refractivity (Wildman–Crippen MR) is 70.5 cm³/mol. The topological polar surface area (TPSA) is 173 Å². The molecule has 1 aliphatic carbocycles. The van der Waals surface area contributed by atoms with E-state index in [4.69, 9.17) is 0 Å². The number of carbonyl (C=O) groups is 4. The van der Waals surface area contributed by atoms with Gasteiger partial charge < -0.3 is 30.0 Å². The molecule has 1 fully saturated rings. The fraction of sp³-hybridized carbons (Fsp3) is 0.385. The molecule has 11 nitrogen and oxygen atoms in total. The van der Waals surface area contributed by atoms with Gasteiger partial charge in [0.2, 0.25) is 17.9 Å². The lowest BCUT2D eigenvalue weighted by Crippen LogP contribution is -2.46. The quantitative estimate of drug-likeness (QED) is 0.328. The van der Waals surface area contributed by atoms with E-state index in [0.29, 0.717) is 0 Å². The number of nitrogens with zero attached hydrogens (tertiary/aromatic N) is 1. The molecule has 0 bridgehead atoms. The molecule has 24 heavy (non-hydrogen) atoms. The molecule has 130 valence electrons. The molecule has 0 amide bonds. The molecule has 0 spiro atoms. The van der Waals surface area contributed by atoms with Crippen LogP contribution in [0.5, 0.6) is 11.8 Å². The molecule has 1 saturated carbocycles. The van der Waals surface area contributed by atoms with Gasteiger partial charge in [-0.2, -0.15) is 0 Å². The van der Waals surface area contributed by atoms with Crippen LogP contribution in [-0.2, 0) is 23.9 Å². The largest absolute Gasteiger partial charge is 0.492 e. The third-order valence-corrected chi connectivity index (χ3v) is 3.20. The molecule has 2 rings (SSSR count). The first kappa shape index (κ1) is 17.4. The zero-order valence-corrected chi connectivity index (χ0v) is 12.0. The van der Waals surface area contributed by atoms with Crippen LogP contribution in [0.25, 0.3) is 0 Å². The van der Waals surface area contributed by atoms with Crippen molar-refractivity contribution in [1.82, 2.24) is 4.73 Å². The maximum absolute atomic E-state index is 11.6. The third-order valence-electron chi connectivity index (χ3n) is 3.20. The molecule has 11 heteroatoms. The summed E-state index contributed by atoms with van der Waals surface area (Å²) in [7, 11) is 0. The Labute approximate surface area is 133 Å². The monoisotopic (exact) mass is 343 g/mol. The lowest BCUT2D eigenvalue weighted by Gasteiger charge is -2.17. The van der Waals surface area contributed by atoms with Crippen molar-refractivity contribution >= 4 is 23.5 Å². The summed E-state index contributed by atoms with van der Waals surface area (Å²) in [6.45, 7) is 0. The lowest BCUT2D eigenvalue weighted by molar-refractivity contribution is -0.178. The van der Waals surface area contributed by atoms with Crippen LogP contribution in [0.2, 0.25) is 0 Å². The van der Waals surface area contributed by atoms with Gasteiger partial charge >= 0.3 is 11.9 Å². The number of ketones is 2. The summed E-state index contributed by atoms with van der Waals surface area (Å²) < 4.78 is 4.72. The van der Waals surface area contributed by atoms with Crippen molar-refractivity contribution in [1.29, 1.82) is 0 Å². The van der Waals surface area contributed by atoms with Gasteiger partial charge in [-0.15, -0.1) is 4.73 Å². The van der Waals surface area contributed by atoms with E-state index in [1.165, 1.54) is 0 Å². The van der Waals surface area contributed by atoms with Gasteiger partial charge in [-0.3, -0.25) is 9.59 Å². The summed E-state index contributed by atoms with van der Waals surface area (Å²) in [5.74, 6) is -5.86. The van der Waals surface area contributed by atoms with Gasteiger partial charge in [0, 0.05) is 25.0 Å². The Morgan fingerprint density at radius 3 is 1.96 bits per heavy atom. The highest BCUT2D eigenvalue weighted by Gasteiger charge is 2.40. The van der Waals surface area contributed by atoms with E-state index in [9.17, 15) is 39.6 Å². The number of carbonyl (C=O) groups excluding carboxylic acids is 4. The molecule has 4 N–H and O–H groups in total. The molecule has 2 atom stereocenters. The van der Waals surface area contributed by atoms with Crippen molar-refractivity contribution in [3.8, 4) is 11.8 Å². The van der Waals surface area contributed by atoms with E-state index in [-0.39, 0.29) is 17.6 Å². The number of aliphatic hydroxyl groups is 2. The molecule has 1 aliphatic rings. The average molecular weight is 343 g/mol. The Balaban J connectivity index is 1.99. The third kappa shape index (κ3) is 3.36. The van der Waals surface area contributed by atoms with E-state index in [0.717, 1.165) is 12.1 Å². The number of aromatic nitrogens is 1. The Morgan fingerprint density at radius 2 is 1.46 bits per heavy atom. The molecule has 0 saturated heterocycles. The molecular formula is C13H13NO10. The maximum Gasteiger partial charge on any atom is 0.364 e. The predicted octanol–water partition coefficient (Wildman–Crippen LogP) is -2.58. The van der Waals surface area contributed by atoms with E-state index in [2.05, 4.69) is 9.57 Å². The van der Waals surface area contributed by atoms with Gasteiger partial charge in [-0.05, 0) is 0 Å². The summed E-state index contributed by atoms with van der Waals surface area (Å²) in [5, 5.41) is 37.7. The Kier molecular flexibility index (Phi) is 4.85. The van der Waals surface area contributed by atoms with Crippen molar-refractivity contribution in [3.63, 3.8) is 0 Å². The van der Waals surface area contributed by atoms with E-state index in [1.54, 1.807) is 0 Å². The normalized spacial score (nSPS) is 17.6. The minimum absolute atomic E-state index is 0.107. The van der Waals surface area contributed by atoms with Gasteiger partial charge in [0.05, 0.1) is 0 Å². The number of ether oxygens (including phenoxy) is 1. The Morgan fingerprint density at radius 1 is 1.00 bits per heavy atom. The smallest absolute Gasteiger partial charge is 0.364 e. The van der Waals surface area contributed by atoms with Gasteiger partial charge in [-0.25, -0.2) is 9.59 Å². The number of rotatable bonds is 5. The molecule has 0 radical (unpaired) electrons. The summed E-state index contributed by atoms with van der Waals surface area (Å²) in [6, 6.07) is 1.94. The zero-order chi connectivity index (χ0) is 18.0. The van der Waals surface area contributed by atoms with Crippen molar-refractivity contribution < 1.29 is 49.2 Å². The van der Waals surface area contributed by atoms with Crippen molar-refractivity contribution in [2.75, 3.05) is 0 Å². The molecule has 0 aliphatic heterocycles. The van der Waals surface area contributed by atoms with Crippen LogP contribution in [0.4, 0.5) is 0 Å². The van der Waals surface area contributed by atoms with Crippen LogP contribution < -0.4 is 4.84 Å². The second-order valence-electron chi connectivity index (χ2n) is 4.89. The second-order valence-corrected chi connectivity index (χ2v) is 4.89. The van der Waals surface area contributed by atoms with Crippen molar-refractivity contribution in [2.45, 2.75) is 31.2 Å². The van der Waals surface area contributed by atoms with Crippen molar-refractivity contribution in [2.24, 2.45) is 0 Å². The zero-order valence-electron chi connectivity index (χ0n) is 12.0. The van der Waals surface area contributed by atoms with Gasteiger partial charge in [0.1, 0.15) is 0 Å². The van der Waals surface area contributed by atoms with Gasteiger partial charge in [0.15, 0.2) is 23.8 Å². The van der Waals surface area contributed by atoms with Crippen LogP contribution in [-0.4, -0.2) is 67.0 Å². The molecule has 1 aromatic rings. The van der Waals surface area contributed by atoms with Crippen LogP contribution in [0, 0.1) is 0 Å². The number of hydrogen-bond acceptors (Lipinski definition) is 10. The first-order valence-electron chi connectivity index (χ1n) is 6.66.